The Morgan fingerprint density at radius 2 is 2.00 bits per heavy atom. The van der Waals surface area contributed by atoms with Crippen LogP contribution in [0.5, 0.6) is 0 Å². The fourth-order valence-corrected chi connectivity index (χ4v) is 1.50. The lowest BCUT2D eigenvalue weighted by molar-refractivity contribution is -0.384. The van der Waals surface area contributed by atoms with Crippen molar-refractivity contribution < 1.29 is 10.0 Å². The molecule has 0 saturated carbocycles. The van der Waals surface area contributed by atoms with Gasteiger partial charge in [0.25, 0.3) is 5.69 Å². The molecule has 0 unspecified atom stereocenters. The number of hydrogen-bond donors (Lipinski definition) is 1. The van der Waals surface area contributed by atoms with E-state index in [-0.39, 0.29) is 12.3 Å². The average Bonchev–Trinajstić information content (AvgIpc) is 2.27. The van der Waals surface area contributed by atoms with Crippen LogP contribution in [0.15, 0.2) is 18.2 Å². The normalized spacial score (nSPS) is 11.4. The van der Waals surface area contributed by atoms with Crippen LogP contribution in [0.4, 0.5) is 11.4 Å². The summed E-state index contributed by atoms with van der Waals surface area (Å²) in [5, 5.41) is 20.1. The predicted octanol–water partition coefficient (Wildman–Crippen LogP) is 2.11. The van der Waals surface area contributed by atoms with Gasteiger partial charge < -0.3 is 10.0 Å². The molecule has 0 amide bonds. The number of aliphatic hydroxyl groups excluding tert-OH is 1. The van der Waals surface area contributed by atoms with Crippen molar-refractivity contribution in [2.45, 2.75) is 26.3 Å². The molecule has 94 valence electrons. The summed E-state index contributed by atoms with van der Waals surface area (Å²) in [4.78, 5) is 12.2. The van der Waals surface area contributed by atoms with Crippen molar-refractivity contribution in [3.8, 4) is 0 Å². The van der Waals surface area contributed by atoms with Gasteiger partial charge in [-0.2, -0.15) is 0 Å². The molecule has 5 heteroatoms. The third-order valence-electron chi connectivity index (χ3n) is 2.94. The summed E-state index contributed by atoms with van der Waals surface area (Å²) in [7, 11) is 1.81. The molecule has 1 N–H and O–H groups in total. The Hall–Kier alpha value is -1.62. The van der Waals surface area contributed by atoms with Crippen molar-refractivity contribution in [3.05, 3.63) is 33.9 Å². The minimum atomic E-state index is -0.457. The van der Waals surface area contributed by atoms with Crippen LogP contribution in [0.2, 0.25) is 0 Å². The topological polar surface area (TPSA) is 66.6 Å². The van der Waals surface area contributed by atoms with Gasteiger partial charge in [-0.05, 0) is 32.4 Å². The van der Waals surface area contributed by atoms with Crippen LogP contribution in [0.25, 0.3) is 0 Å². The number of aliphatic hydroxyl groups is 1. The summed E-state index contributed by atoms with van der Waals surface area (Å²) in [6.07, 6.45) is 0. The quantitative estimate of drug-likeness (QED) is 0.644. The molecule has 17 heavy (non-hydrogen) atoms. The zero-order valence-corrected chi connectivity index (χ0v) is 10.6. The van der Waals surface area contributed by atoms with E-state index in [1.165, 1.54) is 12.1 Å². The summed E-state index contributed by atoms with van der Waals surface area (Å²) >= 11 is 0. The zero-order valence-electron chi connectivity index (χ0n) is 10.6. The van der Waals surface area contributed by atoms with Crippen LogP contribution < -0.4 is 4.90 Å². The highest BCUT2D eigenvalue weighted by Crippen LogP contribution is 2.27. The van der Waals surface area contributed by atoms with Crippen molar-refractivity contribution >= 4 is 11.4 Å². The Morgan fingerprint density at radius 3 is 2.47 bits per heavy atom. The molecule has 5 nitrogen and oxygen atoms in total. The molecule has 0 aromatic heterocycles. The third-order valence-corrected chi connectivity index (χ3v) is 2.94. The molecule has 0 atom stereocenters. The van der Waals surface area contributed by atoms with Crippen molar-refractivity contribution in [2.75, 3.05) is 18.6 Å². The van der Waals surface area contributed by atoms with Crippen molar-refractivity contribution in [3.63, 3.8) is 0 Å². The summed E-state index contributed by atoms with van der Waals surface area (Å²) in [6, 6.07) is 4.91. The van der Waals surface area contributed by atoms with Gasteiger partial charge >= 0.3 is 0 Å². The fourth-order valence-electron chi connectivity index (χ4n) is 1.50. The lowest BCUT2D eigenvalue weighted by Crippen LogP contribution is -2.44. The van der Waals surface area contributed by atoms with Crippen LogP contribution >= 0.6 is 0 Å². The van der Waals surface area contributed by atoms with E-state index in [1.807, 2.05) is 38.8 Å². The smallest absolute Gasteiger partial charge is 0.271 e. The number of nitro benzene ring substituents is 1. The summed E-state index contributed by atoms with van der Waals surface area (Å²) < 4.78 is 0. The minimum Gasteiger partial charge on any atom is -0.394 e. The van der Waals surface area contributed by atoms with E-state index < -0.39 is 10.5 Å². The Morgan fingerprint density at radius 1 is 1.41 bits per heavy atom. The highest BCUT2D eigenvalue weighted by atomic mass is 16.6. The summed E-state index contributed by atoms with van der Waals surface area (Å²) in [5.74, 6) is 0. The van der Waals surface area contributed by atoms with Gasteiger partial charge in [0.1, 0.15) is 0 Å². The standard InChI is InChI=1S/C12H18N2O3/c1-9-5-10(7-11(6-9)14(16)17)13(4)12(2,3)8-15/h5-7,15H,8H2,1-4H3. The first-order chi connectivity index (χ1) is 7.77. The first-order valence-electron chi connectivity index (χ1n) is 5.39. The molecule has 0 aliphatic heterocycles. The van der Waals surface area contributed by atoms with Gasteiger partial charge in [0, 0.05) is 24.9 Å². The number of nitrogens with zero attached hydrogens (tertiary/aromatic N) is 2. The van der Waals surface area contributed by atoms with Gasteiger partial charge in [0.05, 0.1) is 17.1 Å². The van der Waals surface area contributed by atoms with E-state index in [4.69, 9.17) is 0 Å². The van der Waals surface area contributed by atoms with Gasteiger partial charge in [-0.3, -0.25) is 10.1 Å². The molecule has 0 radical (unpaired) electrons. The molecule has 0 fully saturated rings. The van der Waals surface area contributed by atoms with Crippen molar-refractivity contribution in [1.29, 1.82) is 0 Å². The molecular weight excluding hydrogens is 220 g/mol. The molecule has 0 saturated heterocycles. The highest BCUT2D eigenvalue weighted by Gasteiger charge is 2.24. The van der Waals surface area contributed by atoms with E-state index in [0.717, 1.165) is 11.3 Å². The van der Waals surface area contributed by atoms with E-state index in [2.05, 4.69) is 0 Å². The van der Waals surface area contributed by atoms with Gasteiger partial charge in [0.2, 0.25) is 0 Å². The van der Waals surface area contributed by atoms with Crippen LogP contribution in [0.3, 0.4) is 0 Å². The number of non-ortho nitro benzene ring substituents is 1. The molecule has 1 rings (SSSR count). The third kappa shape index (κ3) is 2.94. The van der Waals surface area contributed by atoms with Gasteiger partial charge in [-0.25, -0.2) is 0 Å². The number of anilines is 1. The molecule has 0 heterocycles. The van der Waals surface area contributed by atoms with Crippen LogP contribution in [-0.2, 0) is 0 Å². The number of nitro groups is 1. The molecule has 1 aromatic rings. The monoisotopic (exact) mass is 238 g/mol. The average molecular weight is 238 g/mol. The molecule has 0 aliphatic rings. The SMILES string of the molecule is Cc1cc(N(C)C(C)(C)CO)cc([N+](=O)[O-])c1. The van der Waals surface area contributed by atoms with Crippen LogP contribution in [0.1, 0.15) is 19.4 Å². The maximum absolute atomic E-state index is 10.8. The number of benzene rings is 1. The molecule has 0 spiro atoms. The molecule has 0 aliphatic carbocycles. The summed E-state index contributed by atoms with van der Waals surface area (Å²) in [6.45, 7) is 5.55. The van der Waals surface area contributed by atoms with Crippen LogP contribution in [0, 0.1) is 17.0 Å². The molecule has 1 aromatic carbocycles. The molecule has 0 bridgehead atoms. The minimum absolute atomic E-state index is 0.0226. The summed E-state index contributed by atoms with van der Waals surface area (Å²) in [5.41, 5.74) is 1.17. The Labute approximate surface area is 101 Å². The second-order valence-electron chi connectivity index (χ2n) is 4.81. The number of aryl methyl sites for hydroxylation is 1. The van der Waals surface area contributed by atoms with Gasteiger partial charge in [-0.15, -0.1) is 0 Å². The van der Waals surface area contributed by atoms with Crippen LogP contribution in [-0.4, -0.2) is 29.2 Å². The first-order valence-corrected chi connectivity index (χ1v) is 5.39. The van der Waals surface area contributed by atoms with Crippen molar-refractivity contribution in [2.24, 2.45) is 0 Å². The van der Waals surface area contributed by atoms with E-state index in [0.29, 0.717) is 0 Å². The Balaban J connectivity index is 3.18. The van der Waals surface area contributed by atoms with Gasteiger partial charge in [0.15, 0.2) is 0 Å². The number of likely N-dealkylation sites (N-methyl/N-ethyl adjacent to an activating group) is 1. The number of rotatable bonds is 4. The highest BCUT2D eigenvalue weighted by molar-refractivity contribution is 5.56. The maximum Gasteiger partial charge on any atom is 0.271 e. The maximum atomic E-state index is 10.8. The Kier molecular flexibility index (Phi) is 3.72. The van der Waals surface area contributed by atoms with Gasteiger partial charge in [-0.1, -0.05) is 0 Å². The first kappa shape index (κ1) is 13.4. The fraction of sp³-hybridized carbons (Fsp3) is 0.500. The molecular formula is C12H18N2O3. The van der Waals surface area contributed by atoms with E-state index >= 15 is 0 Å². The number of hydrogen-bond acceptors (Lipinski definition) is 4. The second kappa shape index (κ2) is 4.71. The lowest BCUT2D eigenvalue weighted by atomic mass is 10.0. The van der Waals surface area contributed by atoms with Crippen molar-refractivity contribution in [1.82, 2.24) is 0 Å². The largest absolute Gasteiger partial charge is 0.394 e. The van der Waals surface area contributed by atoms with E-state index in [9.17, 15) is 15.2 Å². The lowest BCUT2D eigenvalue weighted by Gasteiger charge is -2.35. The second-order valence-corrected chi connectivity index (χ2v) is 4.81. The predicted molar refractivity (Wildman–Crippen MR) is 67.4 cm³/mol. The van der Waals surface area contributed by atoms with E-state index in [1.54, 1.807) is 0 Å². The Bertz CT molecular complexity index is 430. The zero-order chi connectivity index (χ0) is 13.2.